The van der Waals surface area contributed by atoms with Crippen molar-refractivity contribution >= 4 is 11.5 Å². The zero-order chi connectivity index (χ0) is 22.8. The van der Waals surface area contributed by atoms with Crippen LogP contribution in [0.25, 0.3) is 0 Å². The lowest BCUT2D eigenvalue weighted by atomic mass is 10.0. The van der Waals surface area contributed by atoms with Crippen LogP contribution in [0.15, 0.2) is 73.6 Å². The average Bonchev–Trinajstić information content (AvgIpc) is 2.80. The van der Waals surface area contributed by atoms with Crippen molar-refractivity contribution < 1.29 is 0 Å². The van der Waals surface area contributed by atoms with E-state index in [-0.39, 0.29) is 0 Å². The van der Waals surface area contributed by atoms with Gasteiger partial charge in [0.2, 0.25) is 0 Å². The maximum atomic E-state index is 5.86. The minimum atomic E-state index is 0.546. The van der Waals surface area contributed by atoms with Crippen LogP contribution in [-0.4, -0.2) is 19.9 Å². The number of para-hydroxylation sites is 1. The van der Waals surface area contributed by atoms with Crippen LogP contribution in [0.2, 0.25) is 0 Å². The van der Waals surface area contributed by atoms with Gasteiger partial charge in [-0.25, -0.2) is 19.9 Å². The largest absolute Gasteiger partial charge is 0.399 e. The van der Waals surface area contributed by atoms with Gasteiger partial charge in [0.05, 0.1) is 0 Å². The van der Waals surface area contributed by atoms with Crippen LogP contribution < -0.4 is 11.5 Å². The van der Waals surface area contributed by atoms with Crippen LogP contribution in [0.4, 0.5) is 11.5 Å². The molecule has 0 saturated carbocycles. The number of rotatable bonds is 6. The molecule has 0 radical (unpaired) electrons. The van der Waals surface area contributed by atoms with Crippen molar-refractivity contribution in [1.82, 2.24) is 19.9 Å². The molecule has 0 fully saturated rings. The van der Waals surface area contributed by atoms with Gasteiger partial charge in [-0.05, 0) is 67.9 Å². The van der Waals surface area contributed by atoms with Crippen LogP contribution >= 0.6 is 0 Å². The number of nitrogens with two attached hydrogens (primary N) is 2. The van der Waals surface area contributed by atoms with E-state index in [2.05, 4.69) is 51.1 Å². The topological polar surface area (TPSA) is 104 Å². The number of aryl methyl sites for hydroxylation is 6. The molecule has 0 aliphatic rings. The monoisotopic (exact) mass is 426 g/mol. The van der Waals surface area contributed by atoms with Crippen LogP contribution in [-0.2, 0) is 25.7 Å². The summed E-state index contributed by atoms with van der Waals surface area (Å²) in [6.07, 6.45) is 10.5. The summed E-state index contributed by atoms with van der Waals surface area (Å²) < 4.78 is 0. The van der Waals surface area contributed by atoms with E-state index in [0.717, 1.165) is 48.2 Å². The van der Waals surface area contributed by atoms with Crippen molar-refractivity contribution in [3.63, 3.8) is 0 Å². The van der Waals surface area contributed by atoms with E-state index < -0.39 is 0 Å². The van der Waals surface area contributed by atoms with Crippen molar-refractivity contribution in [1.29, 1.82) is 0 Å². The highest BCUT2D eigenvalue weighted by atomic mass is 14.9. The number of nitrogens with zero attached hydrogens (tertiary/aromatic N) is 4. The molecule has 0 amide bonds. The quantitative estimate of drug-likeness (QED) is 0.445. The fraction of sp³-hybridized carbons (Fsp3) is 0.231. The Balaban J connectivity index is 0.000000181. The van der Waals surface area contributed by atoms with Gasteiger partial charge in [0.25, 0.3) is 0 Å². The highest BCUT2D eigenvalue weighted by Crippen LogP contribution is 2.15. The lowest BCUT2D eigenvalue weighted by molar-refractivity contribution is 0.903. The van der Waals surface area contributed by atoms with Gasteiger partial charge in [-0.1, -0.05) is 42.5 Å². The predicted molar refractivity (Wildman–Crippen MR) is 130 cm³/mol. The van der Waals surface area contributed by atoms with Gasteiger partial charge in [-0.15, -0.1) is 0 Å². The van der Waals surface area contributed by atoms with Crippen molar-refractivity contribution in [2.24, 2.45) is 0 Å². The molecule has 4 rings (SSSR count). The lowest BCUT2D eigenvalue weighted by Gasteiger charge is -2.06. The Hall–Kier alpha value is -3.80. The van der Waals surface area contributed by atoms with Gasteiger partial charge in [-0.3, -0.25) is 0 Å². The Bertz CT molecular complexity index is 960. The second-order valence-corrected chi connectivity index (χ2v) is 7.69. The zero-order valence-electron chi connectivity index (χ0n) is 18.7. The summed E-state index contributed by atoms with van der Waals surface area (Å²) in [5, 5.41) is 0. The molecule has 2 aromatic carbocycles. The first-order valence-corrected chi connectivity index (χ1v) is 10.7. The molecule has 0 saturated heterocycles. The maximum Gasteiger partial charge on any atom is 0.129 e. The second kappa shape index (κ2) is 11.6. The fourth-order valence-corrected chi connectivity index (χ4v) is 3.42. The van der Waals surface area contributed by atoms with Crippen LogP contribution in [0.1, 0.15) is 33.5 Å². The number of aromatic nitrogens is 4. The molecular weight excluding hydrogens is 396 g/mol. The van der Waals surface area contributed by atoms with Crippen molar-refractivity contribution in [2.75, 3.05) is 11.5 Å². The SMILES string of the molecule is Cc1ccccc1CCc1cncnc1C.Nc1ccccc1CCc1cncnc1N. The van der Waals surface area contributed by atoms with Crippen molar-refractivity contribution in [3.05, 3.63) is 107 Å². The predicted octanol–water partition coefficient (Wildman–Crippen LogP) is 4.30. The minimum absolute atomic E-state index is 0.546. The van der Waals surface area contributed by atoms with Gasteiger partial charge in [-0.2, -0.15) is 0 Å². The molecule has 0 bridgehead atoms. The lowest BCUT2D eigenvalue weighted by Crippen LogP contribution is -2.02. The highest BCUT2D eigenvalue weighted by Gasteiger charge is 2.03. The number of hydrogen-bond acceptors (Lipinski definition) is 6. The third-order valence-electron chi connectivity index (χ3n) is 5.48. The molecule has 32 heavy (non-hydrogen) atoms. The highest BCUT2D eigenvalue weighted by molar-refractivity contribution is 5.47. The summed E-state index contributed by atoms with van der Waals surface area (Å²) >= 11 is 0. The molecular formula is C26H30N6. The molecule has 4 aromatic rings. The summed E-state index contributed by atoms with van der Waals surface area (Å²) in [7, 11) is 0. The van der Waals surface area contributed by atoms with Crippen LogP contribution in [0.5, 0.6) is 0 Å². The zero-order valence-corrected chi connectivity index (χ0v) is 18.7. The van der Waals surface area contributed by atoms with Gasteiger partial charge < -0.3 is 11.5 Å². The van der Waals surface area contributed by atoms with E-state index >= 15 is 0 Å². The number of nitrogen functional groups attached to an aromatic ring is 2. The number of benzene rings is 2. The summed E-state index contributed by atoms with van der Waals surface area (Å²) in [6, 6.07) is 16.4. The van der Waals surface area contributed by atoms with E-state index in [4.69, 9.17) is 11.5 Å². The summed E-state index contributed by atoms with van der Waals surface area (Å²) in [4.78, 5) is 16.2. The molecule has 6 heteroatoms. The van der Waals surface area contributed by atoms with E-state index in [1.807, 2.05) is 37.4 Å². The van der Waals surface area contributed by atoms with E-state index in [0.29, 0.717) is 5.82 Å². The van der Waals surface area contributed by atoms with Gasteiger partial charge in [0, 0.05) is 29.3 Å². The second-order valence-electron chi connectivity index (χ2n) is 7.69. The van der Waals surface area contributed by atoms with E-state index in [9.17, 15) is 0 Å². The first-order valence-electron chi connectivity index (χ1n) is 10.7. The number of hydrogen-bond donors (Lipinski definition) is 2. The Morgan fingerprint density at radius 1 is 0.625 bits per heavy atom. The van der Waals surface area contributed by atoms with Crippen molar-refractivity contribution in [3.8, 4) is 0 Å². The average molecular weight is 427 g/mol. The summed E-state index contributed by atoms with van der Waals surface area (Å²) in [5.74, 6) is 0.546. The molecule has 0 spiro atoms. The third-order valence-corrected chi connectivity index (χ3v) is 5.48. The number of anilines is 2. The summed E-state index contributed by atoms with van der Waals surface area (Å²) in [6.45, 7) is 4.19. The third kappa shape index (κ3) is 6.60. The van der Waals surface area contributed by atoms with E-state index in [1.54, 1.807) is 12.5 Å². The first-order chi connectivity index (χ1) is 15.5. The fourth-order valence-electron chi connectivity index (χ4n) is 3.42. The van der Waals surface area contributed by atoms with Crippen molar-refractivity contribution in [2.45, 2.75) is 39.5 Å². The van der Waals surface area contributed by atoms with Crippen LogP contribution in [0.3, 0.4) is 0 Å². The Kier molecular flexibility index (Phi) is 8.26. The van der Waals surface area contributed by atoms with E-state index in [1.165, 1.54) is 23.0 Å². The molecule has 0 unspecified atom stereocenters. The normalized spacial score (nSPS) is 10.3. The molecule has 0 aliphatic carbocycles. The van der Waals surface area contributed by atoms with Crippen LogP contribution in [0, 0.1) is 13.8 Å². The Labute approximate surface area is 189 Å². The maximum absolute atomic E-state index is 5.86. The molecule has 2 aromatic heterocycles. The molecule has 0 atom stereocenters. The standard InChI is InChI=1S/C14H16N2.C12H14N4/c1-11-5-3-4-6-13(11)7-8-14-9-15-10-16-12(14)2;13-11-4-2-1-3-9(11)5-6-10-7-15-8-16-12(10)14/h3-6,9-10H,7-8H2,1-2H3;1-4,7-8H,5-6,13H2,(H2,14,15,16). The van der Waals surface area contributed by atoms with Gasteiger partial charge in [0.1, 0.15) is 18.5 Å². The first kappa shape index (κ1) is 22.9. The molecule has 0 aliphatic heterocycles. The van der Waals surface area contributed by atoms with Gasteiger partial charge >= 0.3 is 0 Å². The van der Waals surface area contributed by atoms with Gasteiger partial charge in [0.15, 0.2) is 0 Å². The molecule has 4 N–H and O–H groups in total. The molecule has 2 heterocycles. The summed E-state index contributed by atoms with van der Waals surface area (Å²) in [5.41, 5.74) is 19.6. The Morgan fingerprint density at radius 2 is 1.19 bits per heavy atom. The Morgan fingerprint density at radius 3 is 1.88 bits per heavy atom. The minimum Gasteiger partial charge on any atom is -0.399 e. The molecule has 164 valence electrons. The molecule has 6 nitrogen and oxygen atoms in total. The smallest absolute Gasteiger partial charge is 0.129 e.